The van der Waals surface area contributed by atoms with Crippen molar-refractivity contribution in [3.05, 3.63) is 16.6 Å². The Morgan fingerprint density at radius 2 is 2.56 bits per heavy atom. The monoisotopic (exact) mass is 238 g/mol. The minimum atomic E-state index is -0.666. The van der Waals surface area contributed by atoms with E-state index < -0.39 is 11.4 Å². The Morgan fingerprint density at radius 3 is 3.06 bits per heavy atom. The van der Waals surface area contributed by atoms with Gasteiger partial charge in [-0.25, -0.2) is 4.98 Å². The van der Waals surface area contributed by atoms with Crippen molar-refractivity contribution in [3.8, 4) is 0 Å². The lowest BCUT2D eigenvalue weighted by molar-refractivity contribution is -0.150. The predicted molar refractivity (Wildman–Crippen MR) is 60.4 cm³/mol. The summed E-state index contributed by atoms with van der Waals surface area (Å²) in [5.41, 5.74) is 2.07. The SMILES string of the molecule is O=C(O)[C@@]1(Cc2cscn2)C[C@H]2CC[C@@H]1N2. The number of nitrogens with zero attached hydrogens (tertiary/aromatic N) is 1. The number of hydrogen-bond donors (Lipinski definition) is 2. The molecule has 3 atom stereocenters. The number of hydrogen-bond acceptors (Lipinski definition) is 4. The van der Waals surface area contributed by atoms with E-state index >= 15 is 0 Å². The van der Waals surface area contributed by atoms with Gasteiger partial charge in [-0.1, -0.05) is 0 Å². The lowest BCUT2D eigenvalue weighted by Crippen LogP contribution is -2.44. The average Bonchev–Trinajstić information content (AvgIpc) is 2.92. The van der Waals surface area contributed by atoms with E-state index in [0.29, 0.717) is 12.5 Å². The number of rotatable bonds is 3. The van der Waals surface area contributed by atoms with Crippen LogP contribution in [-0.2, 0) is 11.2 Å². The van der Waals surface area contributed by atoms with Crippen LogP contribution < -0.4 is 5.32 Å². The summed E-state index contributed by atoms with van der Waals surface area (Å²) < 4.78 is 0. The minimum Gasteiger partial charge on any atom is -0.481 e. The Kier molecular flexibility index (Phi) is 2.26. The summed E-state index contributed by atoms with van der Waals surface area (Å²) in [5.74, 6) is -0.666. The molecule has 2 saturated heterocycles. The Morgan fingerprint density at radius 1 is 1.69 bits per heavy atom. The molecular weight excluding hydrogens is 224 g/mol. The fourth-order valence-electron chi connectivity index (χ4n) is 3.15. The summed E-state index contributed by atoms with van der Waals surface area (Å²) in [7, 11) is 0. The topological polar surface area (TPSA) is 62.2 Å². The van der Waals surface area contributed by atoms with Gasteiger partial charge in [0.1, 0.15) is 0 Å². The number of fused-ring (bicyclic) bond motifs is 2. The fourth-order valence-corrected chi connectivity index (χ4v) is 3.71. The molecule has 0 saturated carbocycles. The van der Waals surface area contributed by atoms with Gasteiger partial charge in [-0.2, -0.15) is 0 Å². The Balaban J connectivity index is 1.89. The Hall–Kier alpha value is -0.940. The second kappa shape index (κ2) is 3.53. The molecule has 0 aliphatic carbocycles. The zero-order valence-electron chi connectivity index (χ0n) is 8.85. The maximum absolute atomic E-state index is 11.6. The van der Waals surface area contributed by atoms with Gasteiger partial charge in [0.25, 0.3) is 0 Å². The van der Waals surface area contributed by atoms with Gasteiger partial charge in [-0.05, 0) is 19.3 Å². The standard InChI is InChI=1S/C11H14N2O2S/c14-10(15)11(4-8-5-16-6-12-8)3-7-1-2-9(11)13-7/h5-7,9,13H,1-4H2,(H,14,15)/t7-,9+,11-/m1/s1. The molecular formula is C11H14N2O2S. The van der Waals surface area contributed by atoms with E-state index in [1.165, 1.54) is 11.3 Å². The molecule has 16 heavy (non-hydrogen) atoms. The van der Waals surface area contributed by atoms with Gasteiger partial charge in [0, 0.05) is 23.9 Å². The maximum atomic E-state index is 11.6. The van der Waals surface area contributed by atoms with E-state index in [2.05, 4.69) is 10.3 Å². The van der Waals surface area contributed by atoms with Crippen molar-refractivity contribution in [2.75, 3.05) is 0 Å². The van der Waals surface area contributed by atoms with E-state index in [0.717, 1.165) is 25.0 Å². The highest BCUT2D eigenvalue weighted by Crippen LogP contribution is 2.45. The van der Waals surface area contributed by atoms with Crippen LogP contribution in [0.3, 0.4) is 0 Å². The van der Waals surface area contributed by atoms with Crippen LogP contribution in [0.4, 0.5) is 0 Å². The molecule has 0 radical (unpaired) electrons. The van der Waals surface area contributed by atoms with Gasteiger partial charge in [0.05, 0.1) is 16.6 Å². The molecule has 1 aromatic rings. The number of nitrogens with one attached hydrogen (secondary N) is 1. The van der Waals surface area contributed by atoms with Crippen LogP contribution in [0.25, 0.3) is 0 Å². The van der Waals surface area contributed by atoms with Crippen LogP contribution in [0.5, 0.6) is 0 Å². The number of aliphatic carboxylic acids is 1. The van der Waals surface area contributed by atoms with Gasteiger partial charge in [-0.15, -0.1) is 11.3 Å². The largest absolute Gasteiger partial charge is 0.481 e. The van der Waals surface area contributed by atoms with Gasteiger partial charge in [0.15, 0.2) is 0 Å². The van der Waals surface area contributed by atoms with Gasteiger partial charge in [-0.3, -0.25) is 4.79 Å². The maximum Gasteiger partial charge on any atom is 0.311 e. The molecule has 0 spiro atoms. The van der Waals surface area contributed by atoms with Crippen LogP contribution in [0.2, 0.25) is 0 Å². The highest BCUT2D eigenvalue weighted by atomic mass is 32.1. The molecule has 3 heterocycles. The van der Waals surface area contributed by atoms with E-state index in [1.54, 1.807) is 5.51 Å². The van der Waals surface area contributed by atoms with Gasteiger partial charge in [0.2, 0.25) is 0 Å². The zero-order valence-corrected chi connectivity index (χ0v) is 9.67. The first-order chi connectivity index (χ1) is 7.71. The molecule has 4 nitrogen and oxygen atoms in total. The van der Waals surface area contributed by atoms with Crippen LogP contribution >= 0.6 is 11.3 Å². The molecule has 2 fully saturated rings. The lowest BCUT2D eigenvalue weighted by Gasteiger charge is -2.31. The van der Waals surface area contributed by atoms with Crippen LogP contribution in [0, 0.1) is 5.41 Å². The number of aromatic nitrogens is 1. The number of carboxylic acid groups (broad SMARTS) is 1. The molecule has 5 heteroatoms. The molecule has 2 N–H and O–H groups in total. The first-order valence-corrected chi connectivity index (χ1v) is 6.51. The van der Waals surface area contributed by atoms with Crippen molar-refractivity contribution in [1.29, 1.82) is 0 Å². The van der Waals surface area contributed by atoms with Crippen molar-refractivity contribution in [1.82, 2.24) is 10.3 Å². The van der Waals surface area contributed by atoms with Crippen LogP contribution in [-0.4, -0.2) is 28.1 Å². The molecule has 2 bridgehead atoms. The second-order valence-electron chi connectivity index (χ2n) is 4.82. The normalized spacial score (nSPS) is 36.8. The lowest BCUT2D eigenvalue weighted by atomic mass is 9.71. The van der Waals surface area contributed by atoms with Gasteiger partial charge >= 0.3 is 5.97 Å². The molecule has 3 rings (SSSR count). The third-order valence-electron chi connectivity index (χ3n) is 3.92. The van der Waals surface area contributed by atoms with Crippen molar-refractivity contribution in [3.63, 3.8) is 0 Å². The highest BCUT2D eigenvalue weighted by Gasteiger charge is 2.55. The predicted octanol–water partition coefficient (Wildman–Crippen LogP) is 1.28. The molecule has 86 valence electrons. The smallest absolute Gasteiger partial charge is 0.311 e. The van der Waals surface area contributed by atoms with E-state index in [4.69, 9.17) is 0 Å². The number of carboxylic acids is 1. The third kappa shape index (κ3) is 1.38. The van der Waals surface area contributed by atoms with Crippen molar-refractivity contribution in [2.45, 2.75) is 37.8 Å². The second-order valence-corrected chi connectivity index (χ2v) is 5.53. The molecule has 0 aromatic carbocycles. The summed E-state index contributed by atoms with van der Waals surface area (Å²) in [4.78, 5) is 15.8. The molecule has 2 aliphatic heterocycles. The average molecular weight is 238 g/mol. The van der Waals surface area contributed by atoms with E-state index in [1.807, 2.05) is 5.38 Å². The van der Waals surface area contributed by atoms with Crippen molar-refractivity contribution < 1.29 is 9.90 Å². The fraction of sp³-hybridized carbons (Fsp3) is 0.636. The van der Waals surface area contributed by atoms with E-state index in [-0.39, 0.29) is 6.04 Å². The van der Waals surface area contributed by atoms with Crippen molar-refractivity contribution >= 4 is 17.3 Å². The number of carbonyl (C=O) groups is 1. The summed E-state index contributed by atoms with van der Waals surface area (Å²) in [6.07, 6.45) is 3.43. The quantitative estimate of drug-likeness (QED) is 0.832. The first-order valence-electron chi connectivity index (χ1n) is 5.57. The van der Waals surface area contributed by atoms with Gasteiger partial charge < -0.3 is 10.4 Å². The van der Waals surface area contributed by atoms with E-state index in [9.17, 15) is 9.90 Å². The summed E-state index contributed by atoms with van der Waals surface area (Å²) >= 11 is 1.53. The summed E-state index contributed by atoms with van der Waals surface area (Å²) in [6, 6.07) is 0.538. The summed E-state index contributed by atoms with van der Waals surface area (Å²) in [6.45, 7) is 0. The Labute approximate surface area is 97.7 Å². The third-order valence-corrected chi connectivity index (χ3v) is 4.56. The number of thiazole rings is 1. The van der Waals surface area contributed by atoms with Crippen molar-refractivity contribution in [2.24, 2.45) is 5.41 Å². The minimum absolute atomic E-state index is 0.136. The first kappa shape index (κ1) is 10.2. The van der Waals surface area contributed by atoms with Crippen LogP contribution in [0.15, 0.2) is 10.9 Å². The summed E-state index contributed by atoms with van der Waals surface area (Å²) in [5, 5.41) is 14.9. The zero-order chi connectivity index (χ0) is 11.2. The molecule has 2 aliphatic rings. The molecule has 1 aromatic heterocycles. The Bertz CT molecular complexity index is 406. The highest BCUT2D eigenvalue weighted by molar-refractivity contribution is 7.07. The molecule has 0 amide bonds. The molecule has 0 unspecified atom stereocenters. The van der Waals surface area contributed by atoms with Crippen LogP contribution in [0.1, 0.15) is 25.0 Å².